The number of hydrogen-bond donors (Lipinski definition) is 1. The first-order valence-electron chi connectivity index (χ1n) is 17.1. The molecule has 7 rings (SSSR count). The van der Waals surface area contributed by atoms with Crippen molar-refractivity contribution in [2.75, 3.05) is 37.7 Å². The third-order valence-corrected chi connectivity index (χ3v) is 10.0. The fraction of sp³-hybridized carbons (Fsp3) is 0.400. The number of carbonyl (C=O) groups is 2. The molecule has 0 bridgehead atoms. The third kappa shape index (κ3) is 6.41. The monoisotopic (exact) mass is 618 g/mol. The molecule has 1 aliphatic carbocycles. The van der Waals surface area contributed by atoms with E-state index in [0.29, 0.717) is 32.2 Å². The van der Waals surface area contributed by atoms with E-state index in [2.05, 4.69) is 72.5 Å². The maximum Gasteiger partial charge on any atom is 0.335 e. The number of anilines is 1. The molecular formula is C40H46N2O4. The SMILES string of the molecule is CC.Cc1cccc(-c2ccc3cc(C4C(C5CCCCC5)c5ccc(C(=O)O)cc5N4CC(=O)N4CCOCC4)ccc3c2)c1. The van der Waals surface area contributed by atoms with Crippen LogP contribution in [0.5, 0.6) is 0 Å². The van der Waals surface area contributed by atoms with Crippen molar-refractivity contribution in [3.8, 4) is 11.1 Å². The molecule has 3 aliphatic rings. The normalized spacial score (nSPS) is 19.8. The minimum absolute atomic E-state index is 0.0528. The predicted molar refractivity (Wildman–Crippen MR) is 186 cm³/mol. The molecule has 6 nitrogen and oxygen atoms in total. The van der Waals surface area contributed by atoms with Gasteiger partial charge in [-0.25, -0.2) is 4.79 Å². The summed E-state index contributed by atoms with van der Waals surface area (Å²) in [5.41, 5.74) is 7.16. The van der Waals surface area contributed by atoms with E-state index >= 15 is 0 Å². The molecule has 1 saturated carbocycles. The number of aromatic carboxylic acids is 1. The number of carboxylic acid groups (broad SMARTS) is 1. The van der Waals surface area contributed by atoms with Gasteiger partial charge in [-0.15, -0.1) is 0 Å². The number of amides is 1. The van der Waals surface area contributed by atoms with Crippen LogP contribution >= 0.6 is 0 Å². The summed E-state index contributed by atoms with van der Waals surface area (Å²) in [5.74, 6) is -0.210. The smallest absolute Gasteiger partial charge is 0.335 e. The summed E-state index contributed by atoms with van der Waals surface area (Å²) in [5, 5.41) is 12.3. The van der Waals surface area contributed by atoms with Crippen LogP contribution < -0.4 is 4.90 Å². The molecule has 1 N–H and O–H groups in total. The highest BCUT2D eigenvalue weighted by Gasteiger charge is 2.45. The second-order valence-electron chi connectivity index (χ2n) is 12.8. The molecule has 2 aliphatic heterocycles. The van der Waals surface area contributed by atoms with Crippen LogP contribution in [0, 0.1) is 12.8 Å². The maximum absolute atomic E-state index is 13.8. The van der Waals surface area contributed by atoms with Crippen LogP contribution in [0.1, 0.15) is 85.0 Å². The van der Waals surface area contributed by atoms with Crippen molar-refractivity contribution >= 4 is 28.3 Å². The molecule has 2 unspecified atom stereocenters. The summed E-state index contributed by atoms with van der Waals surface area (Å²) in [6.07, 6.45) is 5.99. The van der Waals surface area contributed by atoms with E-state index in [9.17, 15) is 14.7 Å². The number of aryl methyl sites for hydroxylation is 1. The third-order valence-electron chi connectivity index (χ3n) is 10.0. The van der Waals surface area contributed by atoms with Crippen molar-refractivity contribution in [1.82, 2.24) is 4.90 Å². The summed E-state index contributed by atoms with van der Waals surface area (Å²) >= 11 is 0. The quantitative estimate of drug-likeness (QED) is 0.234. The van der Waals surface area contributed by atoms with Gasteiger partial charge in [-0.05, 0) is 83.0 Å². The van der Waals surface area contributed by atoms with Gasteiger partial charge in [0.05, 0.1) is 31.4 Å². The van der Waals surface area contributed by atoms with Crippen molar-refractivity contribution in [2.45, 2.75) is 64.8 Å². The lowest BCUT2D eigenvalue weighted by Crippen LogP contribution is -2.46. The Morgan fingerprint density at radius 1 is 0.826 bits per heavy atom. The number of carboxylic acids is 1. The number of nitrogens with zero attached hydrogens (tertiary/aromatic N) is 2. The molecule has 0 radical (unpaired) electrons. The van der Waals surface area contributed by atoms with E-state index in [-0.39, 0.29) is 30.0 Å². The molecule has 4 aromatic carbocycles. The molecule has 240 valence electrons. The Labute approximate surface area is 273 Å². The van der Waals surface area contributed by atoms with Gasteiger partial charge in [-0.3, -0.25) is 4.79 Å². The molecule has 1 amide bonds. The number of benzene rings is 4. The summed E-state index contributed by atoms with van der Waals surface area (Å²) in [6.45, 7) is 8.61. The highest BCUT2D eigenvalue weighted by atomic mass is 16.5. The number of morpholine rings is 1. The fourth-order valence-corrected chi connectivity index (χ4v) is 7.81. The van der Waals surface area contributed by atoms with Gasteiger partial charge >= 0.3 is 5.97 Å². The number of fused-ring (bicyclic) bond motifs is 2. The van der Waals surface area contributed by atoms with Crippen LogP contribution in [0.25, 0.3) is 21.9 Å². The zero-order chi connectivity index (χ0) is 32.2. The van der Waals surface area contributed by atoms with E-state index in [0.717, 1.165) is 18.5 Å². The lowest BCUT2D eigenvalue weighted by Gasteiger charge is -2.37. The Morgan fingerprint density at radius 3 is 2.28 bits per heavy atom. The molecular weight excluding hydrogens is 572 g/mol. The number of carbonyl (C=O) groups excluding carboxylic acids is 1. The largest absolute Gasteiger partial charge is 0.478 e. The van der Waals surface area contributed by atoms with E-state index in [1.165, 1.54) is 57.9 Å². The average Bonchev–Trinajstić information content (AvgIpc) is 3.42. The summed E-state index contributed by atoms with van der Waals surface area (Å²) in [4.78, 5) is 30.0. The second kappa shape index (κ2) is 14.1. The van der Waals surface area contributed by atoms with Crippen LogP contribution in [-0.4, -0.2) is 54.7 Å². The molecule has 0 aromatic heterocycles. The molecule has 0 spiro atoms. The van der Waals surface area contributed by atoms with E-state index < -0.39 is 5.97 Å². The van der Waals surface area contributed by atoms with Crippen LogP contribution in [0.3, 0.4) is 0 Å². The first kappa shape index (κ1) is 31.8. The topological polar surface area (TPSA) is 70.1 Å². The summed E-state index contributed by atoms with van der Waals surface area (Å²) < 4.78 is 5.52. The van der Waals surface area contributed by atoms with Gasteiger partial charge in [-0.2, -0.15) is 0 Å². The fourth-order valence-electron chi connectivity index (χ4n) is 7.81. The van der Waals surface area contributed by atoms with Gasteiger partial charge in [0.15, 0.2) is 0 Å². The van der Waals surface area contributed by atoms with Gasteiger partial charge in [0.1, 0.15) is 0 Å². The zero-order valence-corrected chi connectivity index (χ0v) is 27.4. The molecule has 46 heavy (non-hydrogen) atoms. The van der Waals surface area contributed by atoms with Crippen molar-refractivity contribution in [1.29, 1.82) is 0 Å². The van der Waals surface area contributed by atoms with Gasteiger partial charge in [0.2, 0.25) is 5.91 Å². The Hall–Kier alpha value is -4.16. The Bertz CT molecular complexity index is 1700. The predicted octanol–water partition coefficient (Wildman–Crippen LogP) is 8.62. The number of rotatable bonds is 6. The minimum atomic E-state index is -0.944. The Morgan fingerprint density at radius 2 is 1.54 bits per heavy atom. The Balaban J connectivity index is 0.00000182. The van der Waals surface area contributed by atoms with E-state index in [1.807, 2.05) is 24.8 Å². The van der Waals surface area contributed by atoms with Gasteiger partial charge < -0.3 is 19.6 Å². The van der Waals surface area contributed by atoms with Crippen LogP contribution in [0.2, 0.25) is 0 Å². The maximum atomic E-state index is 13.8. The van der Waals surface area contributed by atoms with E-state index in [1.54, 1.807) is 12.1 Å². The van der Waals surface area contributed by atoms with Crippen LogP contribution in [0.4, 0.5) is 5.69 Å². The first-order valence-corrected chi connectivity index (χ1v) is 17.1. The molecule has 2 atom stereocenters. The van der Waals surface area contributed by atoms with Crippen molar-refractivity contribution in [3.05, 3.63) is 101 Å². The zero-order valence-electron chi connectivity index (χ0n) is 27.4. The van der Waals surface area contributed by atoms with Crippen molar-refractivity contribution in [3.63, 3.8) is 0 Å². The Kier molecular flexibility index (Phi) is 9.74. The lowest BCUT2D eigenvalue weighted by molar-refractivity contribution is -0.133. The van der Waals surface area contributed by atoms with Gasteiger partial charge in [0, 0.05) is 24.7 Å². The first-order chi connectivity index (χ1) is 22.5. The molecule has 2 heterocycles. The van der Waals surface area contributed by atoms with Gasteiger partial charge in [-0.1, -0.05) is 93.3 Å². The van der Waals surface area contributed by atoms with Crippen LogP contribution in [0.15, 0.2) is 78.9 Å². The highest BCUT2D eigenvalue weighted by Crippen LogP contribution is 2.55. The van der Waals surface area contributed by atoms with Crippen molar-refractivity contribution < 1.29 is 19.4 Å². The molecule has 2 fully saturated rings. The van der Waals surface area contributed by atoms with Gasteiger partial charge in [0.25, 0.3) is 0 Å². The average molecular weight is 619 g/mol. The standard InChI is InChI=1S/C38H40N2O4.C2H6/c1-25-6-5-9-27(20-25)28-10-11-30-22-31(13-12-29(30)21-28)37-36(26-7-3-2-4-8-26)33-15-14-32(38(42)43)23-34(33)40(37)24-35(41)39-16-18-44-19-17-39;1-2/h5-6,9-15,20-23,26,36-37H,2-4,7-8,16-19,24H2,1H3,(H,42,43);1-2H3. The van der Waals surface area contributed by atoms with Crippen molar-refractivity contribution in [2.24, 2.45) is 5.92 Å². The van der Waals surface area contributed by atoms with E-state index in [4.69, 9.17) is 4.74 Å². The number of ether oxygens (including phenoxy) is 1. The molecule has 1 saturated heterocycles. The molecule has 6 heteroatoms. The highest BCUT2D eigenvalue weighted by molar-refractivity contribution is 5.92. The molecule has 4 aromatic rings. The minimum Gasteiger partial charge on any atom is -0.478 e. The summed E-state index contributed by atoms with van der Waals surface area (Å²) in [7, 11) is 0. The summed E-state index contributed by atoms with van der Waals surface area (Å²) in [6, 6.07) is 27.5. The second-order valence-corrected chi connectivity index (χ2v) is 12.8. The van der Waals surface area contributed by atoms with Crippen LogP contribution in [-0.2, 0) is 9.53 Å². The number of hydrogen-bond acceptors (Lipinski definition) is 4. The lowest BCUT2D eigenvalue weighted by atomic mass is 9.73.